The van der Waals surface area contributed by atoms with Crippen LogP contribution in [0.3, 0.4) is 0 Å². The molecule has 0 saturated heterocycles. The highest BCUT2D eigenvalue weighted by molar-refractivity contribution is 14.1. The van der Waals surface area contributed by atoms with E-state index in [1.165, 1.54) is 33.4 Å². The van der Waals surface area contributed by atoms with Gasteiger partial charge in [0.05, 0.1) is 5.41 Å². The van der Waals surface area contributed by atoms with Crippen molar-refractivity contribution in [2.45, 2.75) is 10.3 Å². The summed E-state index contributed by atoms with van der Waals surface area (Å²) in [5.41, 5.74) is 8.04. The van der Waals surface area contributed by atoms with E-state index < -0.39 is 0 Å². The van der Waals surface area contributed by atoms with Gasteiger partial charge in [-0.25, -0.2) is 0 Å². The molecule has 0 nitrogen and oxygen atoms in total. The van der Waals surface area contributed by atoms with Crippen LogP contribution >= 0.6 is 35.2 Å². The quantitative estimate of drug-likeness (QED) is 0.184. The molecular weight excluding hydrogens is 470 g/mol. The fraction of sp³-hybridized carbons (Fsp3) is 0.0400. The molecule has 4 aromatic rings. The van der Waals surface area contributed by atoms with Crippen molar-refractivity contribution < 1.29 is 0 Å². The summed E-state index contributed by atoms with van der Waals surface area (Å²) in [6.45, 7) is 0. The maximum Gasteiger partial charge on any atom is 0.115 e. The van der Waals surface area contributed by atoms with Crippen molar-refractivity contribution in [3.63, 3.8) is 0 Å². The Morgan fingerprint density at radius 3 is 1.89 bits per heavy atom. The van der Waals surface area contributed by atoms with Gasteiger partial charge < -0.3 is 0 Å². The van der Waals surface area contributed by atoms with Crippen LogP contribution < -0.4 is 5.46 Å². The van der Waals surface area contributed by atoms with Gasteiger partial charge in [-0.2, -0.15) is 0 Å². The van der Waals surface area contributed by atoms with E-state index in [4.69, 9.17) is 7.85 Å². The zero-order chi connectivity index (χ0) is 19.3. The predicted molar refractivity (Wildman–Crippen MR) is 129 cm³/mol. The average molecular weight is 486 g/mol. The minimum atomic E-state index is -0.389. The van der Waals surface area contributed by atoms with Gasteiger partial charge in [0.15, 0.2) is 0 Å². The number of hydrogen-bond donors (Lipinski definition) is 1. The first-order valence-corrected chi connectivity index (χ1v) is 10.7. The van der Waals surface area contributed by atoms with E-state index in [1.807, 2.05) is 12.1 Å². The fourth-order valence-electron chi connectivity index (χ4n) is 4.52. The fourth-order valence-corrected chi connectivity index (χ4v) is 5.26. The van der Waals surface area contributed by atoms with E-state index in [1.54, 1.807) is 0 Å². The third-order valence-electron chi connectivity index (χ3n) is 5.66. The van der Waals surface area contributed by atoms with E-state index in [0.717, 1.165) is 13.9 Å². The summed E-state index contributed by atoms with van der Waals surface area (Å²) >= 11 is 6.98. The molecule has 0 aliphatic heterocycles. The lowest BCUT2D eigenvalue weighted by molar-refractivity contribution is 0.765. The van der Waals surface area contributed by atoms with Crippen molar-refractivity contribution in [2.24, 2.45) is 0 Å². The van der Waals surface area contributed by atoms with Crippen molar-refractivity contribution >= 4 is 48.5 Å². The molecule has 0 fully saturated rings. The summed E-state index contributed by atoms with van der Waals surface area (Å²) in [7, 11) is 6.16. The van der Waals surface area contributed by atoms with Crippen LogP contribution in [0.25, 0.3) is 11.1 Å². The number of halogens is 1. The van der Waals surface area contributed by atoms with Gasteiger partial charge in [-0.15, -0.1) is 12.6 Å². The molecule has 0 amide bonds. The number of rotatable bonds is 2. The highest BCUT2D eigenvalue weighted by Gasteiger charge is 2.45. The van der Waals surface area contributed by atoms with Gasteiger partial charge >= 0.3 is 0 Å². The standard InChI is InChI=1S/C25H16BIS/c26-23-13-12-17(15-24(23)27)25(16-6-5-7-18(28)14-16)21-10-3-1-8-19(21)20-9-2-4-11-22(20)25/h1-15,28H. The van der Waals surface area contributed by atoms with Crippen LogP contribution in [0.15, 0.2) is 95.9 Å². The molecule has 0 bridgehead atoms. The van der Waals surface area contributed by atoms with Crippen molar-refractivity contribution in [2.75, 3.05) is 0 Å². The number of fused-ring (bicyclic) bond motifs is 3. The molecule has 2 radical (unpaired) electrons. The smallest absolute Gasteiger partial charge is 0.115 e. The minimum Gasteiger partial charge on any atom is -0.143 e. The third-order valence-corrected chi connectivity index (χ3v) is 6.88. The van der Waals surface area contributed by atoms with Crippen LogP contribution in [0.1, 0.15) is 22.3 Å². The second kappa shape index (κ2) is 6.82. The molecule has 28 heavy (non-hydrogen) atoms. The molecule has 4 aromatic carbocycles. The Labute approximate surface area is 186 Å². The third kappa shape index (κ3) is 2.52. The van der Waals surface area contributed by atoms with Gasteiger partial charge in [0.1, 0.15) is 7.85 Å². The summed E-state index contributed by atoms with van der Waals surface area (Å²) in [5.74, 6) is 0. The molecule has 0 aromatic heterocycles. The van der Waals surface area contributed by atoms with Gasteiger partial charge in [0, 0.05) is 8.47 Å². The molecule has 3 heteroatoms. The molecule has 1 aliphatic carbocycles. The second-order valence-corrected chi connectivity index (χ2v) is 8.81. The van der Waals surface area contributed by atoms with Crippen LogP contribution in [0.4, 0.5) is 0 Å². The van der Waals surface area contributed by atoms with E-state index >= 15 is 0 Å². The lowest BCUT2D eigenvalue weighted by atomic mass is 9.67. The van der Waals surface area contributed by atoms with E-state index in [2.05, 4.69) is 114 Å². The van der Waals surface area contributed by atoms with Gasteiger partial charge in [-0.3, -0.25) is 0 Å². The molecule has 0 unspecified atom stereocenters. The first-order chi connectivity index (χ1) is 13.6. The highest BCUT2D eigenvalue weighted by Crippen LogP contribution is 2.56. The van der Waals surface area contributed by atoms with Crippen molar-refractivity contribution in [3.05, 3.63) is 117 Å². The summed E-state index contributed by atoms with van der Waals surface area (Å²) in [5, 5.41) is 0. The molecule has 0 N–H and O–H groups in total. The zero-order valence-electron chi connectivity index (χ0n) is 15.1. The molecule has 1 aliphatic rings. The van der Waals surface area contributed by atoms with Crippen LogP contribution in [0.5, 0.6) is 0 Å². The number of thiol groups is 1. The molecule has 0 atom stereocenters. The van der Waals surface area contributed by atoms with E-state index in [9.17, 15) is 0 Å². The van der Waals surface area contributed by atoms with Crippen molar-refractivity contribution in [1.82, 2.24) is 0 Å². The minimum absolute atomic E-state index is 0.389. The Morgan fingerprint density at radius 1 is 0.679 bits per heavy atom. The van der Waals surface area contributed by atoms with Gasteiger partial charge in [-0.1, -0.05) is 78.3 Å². The predicted octanol–water partition coefficient (Wildman–Crippen LogP) is 5.74. The van der Waals surface area contributed by atoms with Gasteiger partial charge in [0.25, 0.3) is 0 Å². The number of benzene rings is 4. The average Bonchev–Trinajstić information content (AvgIpc) is 3.02. The first-order valence-electron chi connectivity index (χ1n) is 9.17. The maximum absolute atomic E-state index is 6.16. The highest BCUT2D eigenvalue weighted by atomic mass is 127. The monoisotopic (exact) mass is 486 g/mol. The lowest BCUT2D eigenvalue weighted by Crippen LogP contribution is -2.29. The van der Waals surface area contributed by atoms with Crippen molar-refractivity contribution in [3.8, 4) is 11.1 Å². The Morgan fingerprint density at radius 2 is 1.29 bits per heavy atom. The van der Waals surface area contributed by atoms with Crippen LogP contribution in [-0.4, -0.2) is 7.85 Å². The molecule has 0 heterocycles. The SMILES string of the molecule is [B]c1ccc(C2(c3cccc(S)c3)c3ccccc3-c3ccccc32)cc1I. The molecule has 132 valence electrons. The van der Waals surface area contributed by atoms with Crippen LogP contribution in [-0.2, 0) is 5.41 Å². The van der Waals surface area contributed by atoms with Crippen molar-refractivity contribution in [1.29, 1.82) is 0 Å². The summed E-state index contributed by atoms with van der Waals surface area (Å²) < 4.78 is 1.07. The lowest BCUT2D eigenvalue weighted by Gasteiger charge is -2.34. The van der Waals surface area contributed by atoms with Gasteiger partial charge in [0.2, 0.25) is 0 Å². The normalized spacial score (nSPS) is 13.8. The van der Waals surface area contributed by atoms with Crippen LogP contribution in [0.2, 0.25) is 0 Å². The molecule has 5 rings (SSSR count). The summed E-state index contributed by atoms with van der Waals surface area (Å²) in [6.07, 6.45) is 0. The topological polar surface area (TPSA) is 0 Å². The van der Waals surface area contributed by atoms with E-state index in [-0.39, 0.29) is 5.41 Å². The zero-order valence-corrected chi connectivity index (χ0v) is 18.1. The molecule has 0 spiro atoms. The summed E-state index contributed by atoms with van der Waals surface area (Å²) in [4.78, 5) is 0.962. The maximum atomic E-state index is 6.16. The Bertz CT molecular complexity index is 1170. The summed E-state index contributed by atoms with van der Waals surface area (Å²) in [6, 6.07) is 32.4. The Kier molecular flexibility index (Phi) is 4.40. The largest absolute Gasteiger partial charge is 0.143 e. The molecular formula is C25H16BIS. The molecule has 0 saturated carbocycles. The van der Waals surface area contributed by atoms with Crippen LogP contribution in [0, 0.1) is 3.57 Å². The number of hydrogen-bond acceptors (Lipinski definition) is 1. The van der Waals surface area contributed by atoms with Gasteiger partial charge in [-0.05, 0) is 74.2 Å². The first kappa shape index (κ1) is 18.1. The van der Waals surface area contributed by atoms with E-state index in [0.29, 0.717) is 0 Å². The Hall–Kier alpha value is -1.98. The Balaban J connectivity index is 1.97. The second-order valence-electron chi connectivity index (χ2n) is 7.13.